The molecule has 0 bridgehead atoms. The zero-order valence-corrected chi connectivity index (χ0v) is 16.7. The van der Waals surface area contributed by atoms with Gasteiger partial charge in [0.1, 0.15) is 0 Å². The van der Waals surface area contributed by atoms with Crippen LogP contribution in [0, 0.1) is 0 Å². The molecule has 2 atom stereocenters. The number of halogens is 3. The number of anilines is 1. The highest BCUT2D eigenvalue weighted by Gasteiger charge is 2.34. The Morgan fingerprint density at radius 1 is 1.17 bits per heavy atom. The summed E-state index contributed by atoms with van der Waals surface area (Å²) in [5, 5.41) is 3.39. The Bertz CT molecular complexity index is 480. The van der Waals surface area contributed by atoms with Crippen molar-refractivity contribution in [3.05, 3.63) is 29.8 Å². The molecular weight excluding hydrogens is 367 g/mol. The minimum atomic E-state index is -1.41. The SMILES string of the molecule is CCN(CC)c1ccc([C@@H](NC[C@H]2CCCCO2)C(Cl)(Cl)Cl)cc1. The largest absolute Gasteiger partial charge is 0.377 e. The van der Waals surface area contributed by atoms with Crippen molar-refractivity contribution in [2.75, 3.05) is 31.1 Å². The molecule has 3 nitrogen and oxygen atoms in total. The summed E-state index contributed by atoms with van der Waals surface area (Å²) >= 11 is 18.7. The van der Waals surface area contributed by atoms with Gasteiger partial charge < -0.3 is 15.0 Å². The minimum Gasteiger partial charge on any atom is -0.377 e. The van der Waals surface area contributed by atoms with Gasteiger partial charge in [0.2, 0.25) is 3.79 Å². The van der Waals surface area contributed by atoms with Crippen LogP contribution in [0.3, 0.4) is 0 Å². The van der Waals surface area contributed by atoms with Crippen LogP contribution in [-0.4, -0.2) is 36.1 Å². The third kappa shape index (κ3) is 5.67. The molecule has 1 aliphatic rings. The van der Waals surface area contributed by atoms with Gasteiger partial charge in [-0.3, -0.25) is 0 Å². The van der Waals surface area contributed by atoms with Gasteiger partial charge in [0, 0.05) is 31.9 Å². The van der Waals surface area contributed by atoms with E-state index in [9.17, 15) is 0 Å². The van der Waals surface area contributed by atoms with Crippen LogP contribution in [0.15, 0.2) is 24.3 Å². The molecule has 0 amide bonds. The maximum Gasteiger partial charge on any atom is 0.209 e. The lowest BCUT2D eigenvalue weighted by Gasteiger charge is -2.30. The summed E-state index contributed by atoms with van der Waals surface area (Å²) in [4.78, 5) is 2.29. The van der Waals surface area contributed by atoms with E-state index in [0.717, 1.165) is 38.1 Å². The number of ether oxygens (including phenoxy) is 1. The minimum absolute atomic E-state index is 0.198. The Morgan fingerprint density at radius 3 is 2.33 bits per heavy atom. The van der Waals surface area contributed by atoms with Gasteiger partial charge in [-0.2, -0.15) is 0 Å². The topological polar surface area (TPSA) is 24.5 Å². The third-order valence-electron chi connectivity index (χ3n) is 4.51. The summed E-state index contributed by atoms with van der Waals surface area (Å²) in [5.74, 6) is 0. The first-order valence-electron chi connectivity index (χ1n) is 8.72. The second kappa shape index (κ2) is 9.49. The van der Waals surface area contributed by atoms with Crippen molar-refractivity contribution in [2.45, 2.75) is 49.0 Å². The molecule has 24 heavy (non-hydrogen) atoms. The lowest BCUT2D eigenvalue weighted by Crippen LogP contribution is -2.39. The predicted octanol–water partition coefficient (Wildman–Crippen LogP) is 5.10. The Hall–Kier alpha value is -0.190. The molecule has 6 heteroatoms. The molecule has 1 fully saturated rings. The molecule has 0 aromatic heterocycles. The van der Waals surface area contributed by atoms with Gasteiger partial charge in [-0.25, -0.2) is 0 Å². The second-order valence-electron chi connectivity index (χ2n) is 6.14. The number of hydrogen-bond donors (Lipinski definition) is 1. The number of nitrogens with one attached hydrogen (secondary N) is 1. The van der Waals surface area contributed by atoms with Gasteiger partial charge in [0.25, 0.3) is 0 Å². The van der Waals surface area contributed by atoms with Crippen molar-refractivity contribution < 1.29 is 4.74 Å². The van der Waals surface area contributed by atoms with Crippen LogP contribution in [0.4, 0.5) is 5.69 Å². The van der Waals surface area contributed by atoms with E-state index in [-0.39, 0.29) is 12.1 Å². The van der Waals surface area contributed by atoms with Crippen LogP contribution >= 0.6 is 34.8 Å². The van der Waals surface area contributed by atoms with Crippen LogP contribution in [0.5, 0.6) is 0 Å². The van der Waals surface area contributed by atoms with Gasteiger partial charge in [-0.05, 0) is 50.8 Å². The zero-order chi connectivity index (χ0) is 17.6. The van der Waals surface area contributed by atoms with Crippen molar-refractivity contribution in [1.29, 1.82) is 0 Å². The van der Waals surface area contributed by atoms with Gasteiger partial charge in [0.05, 0.1) is 12.1 Å². The third-order valence-corrected chi connectivity index (χ3v) is 5.16. The van der Waals surface area contributed by atoms with E-state index in [1.807, 2.05) is 12.1 Å². The lowest BCUT2D eigenvalue weighted by molar-refractivity contribution is 0.0154. The van der Waals surface area contributed by atoms with Crippen molar-refractivity contribution in [3.63, 3.8) is 0 Å². The number of rotatable bonds is 7. The quantitative estimate of drug-likeness (QED) is 0.652. The van der Waals surface area contributed by atoms with Crippen LogP contribution in [0.1, 0.15) is 44.7 Å². The summed E-state index contributed by atoms with van der Waals surface area (Å²) in [6, 6.07) is 7.89. The molecule has 1 heterocycles. The standard InChI is InChI=1S/C18H27Cl3N2O/c1-3-23(4-2)15-10-8-14(9-11-15)17(18(19,20)21)22-13-16-7-5-6-12-24-16/h8-11,16-17,22H,3-7,12-13H2,1-2H3/t16-,17-/m1/s1. The molecule has 0 aliphatic carbocycles. The molecular formula is C18H27Cl3N2O. The summed E-state index contributed by atoms with van der Waals surface area (Å²) < 4.78 is 4.35. The first kappa shape index (κ1) is 20.1. The number of nitrogens with zero attached hydrogens (tertiary/aromatic N) is 1. The van der Waals surface area contributed by atoms with Crippen molar-refractivity contribution in [1.82, 2.24) is 5.32 Å². The van der Waals surface area contributed by atoms with Crippen LogP contribution in [0.25, 0.3) is 0 Å². The smallest absolute Gasteiger partial charge is 0.209 e. The van der Waals surface area contributed by atoms with Gasteiger partial charge in [-0.15, -0.1) is 0 Å². The predicted molar refractivity (Wildman–Crippen MR) is 105 cm³/mol. The summed E-state index contributed by atoms with van der Waals surface area (Å²) in [6.45, 7) is 7.75. The number of benzene rings is 1. The fourth-order valence-corrected chi connectivity index (χ4v) is 3.72. The van der Waals surface area contributed by atoms with E-state index < -0.39 is 3.79 Å². The Balaban J connectivity index is 2.06. The molecule has 2 rings (SSSR count). The van der Waals surface area contributed by atoms with Crippen molar-refractivity contribution >= 4 is 40.5 Å². The van der Waals surface area contributed by atoms with Gasteiger partial charge >= 0.3 is 0 Å². The summed E-state index contributed by atoms with van der Waals surface area (Å²) in [5.41, 5.74) is 2.16. The van der Waals surface area contributed by atoms with E-state index in [2.05, 4.69) is 36.2 Å². The van der Waals surface area contributed by atoms with E-state index >= 15 is 0 Å². The van der Waals surface area contributed by atoms with Crippen molar-refractivity contribution in [2.24, 2.45) is 0 Å². The van der Waals surface area contributed by atoms with Crippen LogP contribution in [-0.2, 0) is 4.74 Å². The molecule has 0 radical (unpaired) electrons. The van der Waals surface area contributed by atoms with Crippen LogP contribution in [0.2, 0.25) is 0 Å². The fraction of sp³-hybridized carbons (Fsp3) is 0.667. The van der Waals surface area contributed by atoms with E-state index in [1.54, 1.807) is 0 Å². The molecule has 136 valence electrons. The van der Waals surface area contributed by atoms with Crippen molar-refractivity contribution in [3.8, 4) is 0 Å². The lowest BCUT2D eigenvalue weighted by atomic mass is 10.1. The first-order chi connectivity index (χ1) is 11.5. The molecule has 1 aliphatic heterocycles. The highest BCUT2D eigenvalue weighted by atomic mass is 35.6. The van der Waals surface area contributed by atoms with Gasteiger partial charge in [-0.1, -0.05) is 46.9 Å². The molecule has 1 aromatic rings. The van der Waals surface area contributed by atoms with Gasteiger partial charge in [0.15, 0.2) is 0 Å². The summed E-state index contributed by atoms with van der Waals surface area (Å²) in [6.07, 6.45) is 3.59. The number of alkyl halides is 3. The van der Waals surface area contributed by atoms with E-state index in [1.165, 1.54) is 12.1 Å². The molecule has 0 spiro atoms. The zero-order valence-electron chi connectivity index (χ0n) is 14.4. The monoisotopic (exact) mass is 392 g/mol. The fourth-order valence-electron chi connectivity index (χ4n) is 3.11. The summed E-state index contributed by atoms with van der Waals surface area (Å²) in [7, 11) is 0. The first-order valence-corrected chi connectivity index (χ1v) is 9.85. The average Bonchev–Trinajstić information content (AvgIpc) is 2.57. The normalized spacial score (nSPS) is 20.0. The average molecular weight is 394 g/mol. The van der Waals surface area contributed by atoms with E-state index in [4.69, 9.17) is 39.5 Å². The number of hydrogen-bond acceptors (Lipinski definition) is 3. The highest BCUT2D eigenvalue weighted by Crippen LogP contribution is 2.40. The maximum absolute atomic E-state index is 6.23. The molecule has 1 N–H and O–H groups in total. The molecule has 1 aromatic carbocycles. The Labute approximate surface area is 160 Å². The Kier molecular flexibility index (Phi) is 7.96. The highest BCUT2D eigenvalue weighted by molar-refractivity contribution is 6.68. The second-order valence-corrected chi connectivity index (χ2v) is 8.50. The van der Waals surface area contributed by atoms with E-state index in [0.29, 0.717) is 6.54 Å². The molecule has 1 saturated heterocycles. The Morgan fingerprint density at radius 2 is 1.83 bits per heavy atom. The maximum atomic E-state index is 6.23. The molecule has 0 unspecified atom stereocenters. The molecule has 0 saturated carbocycles. The van der Waals surface area contributed by atoms with Crippen LogP contribution < -0.4 is 10.2 Å².